The van der Waals surface area contributed by atoms with Crippen molar-refractivity contribution >= 4 is 5.57 Å². The zero-order chi connectivity index (χ0) is 9.30. The highest BCUT2D eigenvalue weighted by Crippen LogP contribution is 2.32. The number of phenolic OH excluding ortho intramolecular Hbond substituents is 2. The first-order valence-corrected chi connectivity index (χ1v) is 3.71. The molecular weight excluding hydrogens is 152 g/mol. The lowest BCUT2D eigenvalue weighted by Gasteiger charge is -2.07. The lowest BCUT2D eigenvalue weighted by molar-refractivity contribution is 0.401. The Morgan fingerprint density at radius 1 is 1.33 bits per heavy atom. The van der Waals surface area contributed by atoms with Gasteiger partial charge in [-0.15, -0.1) is 0 Å². The van der Waals surface area contributed by atoms with E-state index in [9.17, 15) is 5.11 Å². The van der Waals surface area contributed by atoms with Gasteiger partial charge in [0.25, 0.3) is 0 Å². The summed E-state index contributed by atoms with van der Waals surface area (Å²) in [5.74, 6) is -0.145. The molecule has 0 aliphatic rings. The molecule has 0 unspecified atom stereocenters. The molecule has 0 aliphatic heterocycles. The quantitative estimate of drug-likeness (QED) is 0.626. The zero-order valence-corrected chi connectivity index (χ0v) is 7.26. The van der Waals surface area contributed by atoms with Gasteiger partial charge in [-0.2, -0.15) is 0 Å². The van der Waals surface area contributed by atoms with E-state index in [-0.39, 0.29) is 11.5 Å². The van der Waals surface area contributed by atoms with Crippen LogP contribution in [0.4, 0.5) is 0 Å². The molecule has 2 heteroatoms. The second-order valence-electron chi connectivity index (χ2n) is 2.89. The third-order valence-corrected chi connectivity index (χ3v) is 1.87. The fourth-order valence-corrected chi connectivity index (χ4v) is 1.15. The Morgan fingerprint density at radius 3 is 2.42 bits per heavy atom. The van der Waals surface area contributed by atoms with Crippen LogP contribution in [0.2, 0.25) is 0 Å². The number of allylic oxidation sites excluding steroid dienone is 1. The van der Waals surface area contributed by atoms with E-state index in [1.807, 2.05) is 6.92 Å². The molecule has 64 valence electrons. The van der Waals surface area contributed by atoms with Crippen LogP contribution in [0.3, 0.4) is 0 Å². The second-order valence-corrected chi connectivity index (χ2v) is 2.89. The van der Waals surface area contributed by atoms with E-state index in [1.165, 1.54) is 6.07 Å². The van der Waals surface area contributed by atoms with Gasteiger partial charge in [0, 0.05) is 5.56 Å². The molecule has 2 nitrogen and oxygen atoms in total. The third-order valence-electron chi connectivity index (χ3n) is 1.87. The normalized spacial score (nSPS) is 9.83. The summed E-state index contributed by atoms with van der Waals surface area (Å²) < 4.78 is 0. The molecule has 0 saturated carbocycles. The maximum absolute atomic E-state index is 9.34. The first kappa shape index (κ1) is 8.65. The minimum absolute atomic E-state index is 0.0597. The summed E-state index contributed by atoms with van der Waals surface area (Å²) in [5, 5.41) is 18.5. The smallest absolute Gasteiger partial charge is 0.160 e. The molecule has 0 heterocycles. The van der Waals surface area contributed by atoms with Crippen molar-refractivity contribution in [3.8, 4) is 11.5 Å². The molecule has 0 radical (unpaired) electrons. The Morgan fingerprint density at radius 2 is 1.92 bits per heavy atom. The number of hydrogen-bond donors (Lipinski definition) is 2. The van der Waals surface area contributed by atoms with Crippen LogP contribution < -0.4 is 0 Å². The largest absolute Gasteiger partial charge is 0.504 e. The van der Waals surface area contributed by atoms with Gasteiger partial charge in [-0.3, -0.25) is 0 Å². The highest BCUT2D eigenvalue weighted by atomic mass is 16.3. The van der Waals surface area contributed by atoms with Crippen molar-refractivity contribution in [3.63, 3.8) is 0 Å². The standard InChI is InChI=1S/C10H12O2/c1-6(2)8-4-5-9(11)10(12)7(8)3/h4-5,11-12H,1H2,2-3H3. The van der Waals surface area contributed by atoms with Crippen molar-refractivity contribution in [1.82, 2.24) is 0 Å². The minimum atomic E-state index is -0.0856. The van der Waals surface area contributed by atoms with E-state index in [0.717, 1.165) is 11.1 Å². The van der Waals surface area contributed by atoms with E-state index in [2.05, 4.69) is 6.58 Å². The third kappa shape index (κ3) is 1.28. The average molecular weight is 164 g/mol. The van der Waals surface area contributed by atoms with Crippen molar-refractivity contribution < 1.29 is 10.2 Å². The first-order chi connectivity index (χ1) is 5.54. The van der Waals surface area contributed by atoms with Crippen molar-refractivity contribution in [3.05, 3.63) is 29.8 Å². The van der Waals surface area contributed by atoms with Gasteiger partial charge in [-0.25, -0.2) is 0 Å². The lowest BCUT2D eigenvalue weighted by Crippen LogP contribution is -1.85. The Bertz CT molecular complexity index is 327. The Balaban J connectivity index is 3.36. The van der Waals surface area contributed by atoms with E-state index >= 15 is 0 Å². The van der Waals surface area contributed by atoms with Gasteiger partial charge in [0.05, 0.1) is 0 Å². The SMILES string of the molecule is C=C(C)c1ccc(O)c(O)c1C. The van der Waals surface area contributed by atoms with E-state index < -0.39 is 0 Å². The van der Waals surface area contributed by atoms with Crippen LogP contribution in [0.25, 0.3) is 5.57 Å². The van der Waals surface area contributed by atoms with Crippen molar-refractivity contribution in [2.24, 2.45) is 0 Å². The molecule has 0 atom stereocenters. The molecule has 0 fully saturated rings. The minimum Gasteiger partial charge on any atom is -0.504 e. The number of benzene rings is 1. The Kier molecular flexibility index (Phi) is 2.09. The average Bonchev–Trinajstić information content (AvgIpc) is 2.00. The topological polar surface area (TPSA) is 40.5 Å². The van der Waals surface area contributed by atoms with Crippen LogP contribution >= 0.6 is 0 Å². The predicted molar refractivity (Wildman–Crippen MR) is 49.2 cm³/mol. The summed E-state index contributed by atoms with van der Waals surface area (Å²) in [6, 6.07) is 3.21. The van der Waals surface area contributed by atoms with Gasteiger partial charge < -0.3 is 10.2 Å². The Hall–Kier alpha value is -1.44. The molecule has 0 spiro atoms. The number of hydrogen-bond acceptors (Lipinski definition) is 2. The summed E-state index contributed by atoms with van der Waals surface area (Å²) in [6.45, 7) is 7.37. The van der Waals surface area contributed by atoms with Gasteiger partial charge in [-0.05, 0) is 25.5 Å². The fraction of sp³-hybridized carbons (Fsp3) is 0.200. The maximum Gasteiger partial charge on any atom is 0.160 e. The van der Waals surface area contributed by atoms with Gasteiger partial charge in [-0.1, -0.05) is 18.2 Å². The predicted octanol–water partition coefficient (Wildman–Crippen LogP) is 2.44. The van der Waals surface area contributed by atoms with E-state index in [4.69, 9.17) is 5.11 Å². The summed E-state index contributed by atoms with van der Waals surface area (Å²) in [7, 11) is 0. The van der Waals surface area contributed by atoms with Gasteiger partial charge >= 0.3 is 0 Å². The van der Waals surface area contributed by atoms with E-state index in [0.29, 0.717) is 5.56 Å². The number of rotatable bonds is 1. The van der Waals surface area contributed by atoms with Crippen LogP contribution in [0.5, 0.6) is 11.5 Å². The first-order valence-electron chi connectivity index (χ1n) is 3.71. The van der Waals surface area contributed by atoms with Crippen LogP contribution in [0.1, 0.15) is 18.1 Å². The summed E-state index contributed by atoms with van der Waals surface area (Å²) >= 11 is 0. The molecule has 0 saturated heterocycles. The fourth-order valence-electron chi connectivity index (χ4n) is 1.15. The maximum atomic E-state index is 9.34. The molecule has 12 heavy (non-hydrogen) atoms. The summed E-state index contributed by atoms with van der Waals surface area (Å²) in [6.07, 6.45) is 0. The number of phenols is 2. The van der Waals surface area contributed by atoms with Crippen LogP contribution in [0.15, 0.2) is 18.7 Å². The van der Waals surface area contributed by atoms with Gasteiger partial charge in [0.2, 0.25) is 0 Å². The van der Waals surface area contributed by atoms with Gasteiger partial charge in [0.1, 0.15) is 0 Å². The van der Waals surface area contributed by atoms with Crippen LogP contribution in [0, 0.1) is 6.92 Å². The molecule has 0 aliphatic carbocycles. The second kappa shape index (κ2) is 2.89. The molecule has 0 amide bonds. The van der Waals surface area contributed by atoms with Crippen molar-refractivity contribution in [2.75, 3.05) is 0 Å². The molecule has 2 N–H and O–H groups in total. The molecule has 1 aromatic rings. The van der Waals surface area contributed by atoms with Crippen molar-refractivity contribution in [1.29, 1.82) is 0 Å². The highest BCUT2D eigenvalue weighted by molar-refractivity contribution is 5.68. The molecule has 0 bridgehead atoms. The molecule has 1 aromatic carbocycles. The zero-order valence-electron chi connectivity index (χ0n) is 7.26. The monoisotopic (exact) mass is 164 g/mol. The number of aromatic hydroxyl groups is 2. The highest BCUT2D eigenvalue weighted by Gasteiger charge is 2.07. The summed E-state index contributed by atoms with van der Waals surface area (Å²) in [5.41, 5.74) is 2.43. The molecular formula is C10H12O2. The van der Waals surface area contributed by atoms with Crippen molar-refractivity contribution in [2.45, 2.75) is 13.8 Å². The van der Waals surface area contributed by atoms with Crippen LogP contribution in [-0.4, -0.2) is 10.2 Å². The Labute approximate surface area is 71.8 Å². The summed E-state index contributed by atoms with van der Waals surface area (Å²) in [4.78, 5) is 0. The molecule has 1 rings (SSSR count). The molecule has 0 aromatic heterocycles. The van der Waals surface area contributed by atoms with Crippen LogP contribution in [-0.2, 0) is 0 Å². The van der Waals surface area contributed by atoms with Gasteiger partial charge in [0.15, 0.2) is 11.5 Å². The van der Waals surface area contributed by atoms with E-state index in [1.54, 1.807) is 13.0 Å². The lowest BCUT2D eigenvalue weighted by atomic mass is 10.0.